The molecule has 0 spiro atoms. The maximum atomic E-state index is 8.99. The molecule has 124 valence electrons. The van der Waals surface area contributed by atoms with Crippen molar-refractivity contribution in [2.45, 2.75) is 6.54 Å². The maximum Gasteiger partial charge on any atom is 0.119 e. The summed E-state index contributed by atoms with van der Waals surface area (Å²) in [5.74, 6) is 0.938. The highest BCUT2D eigenvalue weighted by Gasteiger charge is 2.16. The molecule has 1 aliphatic heterocycles. The van der Waals surface area contributed by atoms with Crippen molar-refractivity contribution in [3.8, 4) is 11.8 Å². The largest absolute Gasteiger partial charge is 0.492 e. The van der Waals surface area contributed by atoms with Gasteiger partial charge in [-0.2, -0.15) is 5.26 Å². The fraction of sp³-hybridized carbons (Fsp3) is 0.350. The van der Waals surface area contributed by atoms with Gasteiger partial charge in [-0.05, 0) is 29.8 Å². The lowest BCUT2D eigenvalue weighted by Gasteiger charge is -2.34. The summed E-state index contributed by atoms with van der Waals surface area (Å²) < 4.78 is 5.77. The normalized spacial score (nSPS) is 15.8. The monoisotopic (exact) mass is 321 g/mol. The van der Waals surface area contributed by atoms with Crippen molar-refractivity contribution in [2.24, 2.45) is 0 Å². The van der Waals surface area contributed by atoms with E-state index < -0.39 is 0 Å². The van der Waals surface area contributed by atoms with Gasteiger partial charge in [0.2, 0.25) is 0 Å². The smallest absolute Gasteiger partial charge is 0.119 e. The Bertz CT molecular complexity index is 673. The van der Waals surface area contributed by atoms with Crippen LogP contribution in [0.3, 0.4) is 0 Å². The molecule has 24 heavy (non-hydrogen) atoms. The Balaban J connectivity index is 1.38. The van der Waals surface area contributed by atoms with E-state index in [9.17, 15) is 0 Å². The van der Waals surface area contributed by atoms with E-state index >= 15 is 0 Å². The second kappa shape index (κ2) is 8.49. The fourth-order valence-corrected chi connectivity index (χ4v) is 2.98. The Labute approximate surface area is 143 Å². The average molecular weight is 321 g/mol. The summed E-state index contributed by atoms with van der Waals surface area (Å²) in [5.41, 5.74) is 1.96. The third-order valence-corrected chi connectivity index (χ3v) is 4.35. The van der Waals surface area contributed by atoms with Gasteiger partial charge in [0.05, 0.1) is 11.6 Å². The van der Waals surface area contributed by atoms with Crippen LogP contribution in [0.15, 0.2) is 54.6 Å². The van der Waals surface area contributed by atoms with Crippen molar-refractivity contribution >= 4 is 0 Å². The molecular formula is C20H23N3O. The van der Waals surface area contributed by atoms with Crippen LogP contribution in [0.5, 0.6) is 5.75 Å². The molecule has 0 atom stereocenters. The molecular weight excluding hydrogens is 298 g/mol. The Hall–Kier alpha value is -2.35. The molecule has 0 unspecified atom stereocenters. The first-order chi connectivity index (χ1) is 11.8. The van der Waals surface area contributed by atoms with Crippen LogP contribution >= 0.6 is 0 Å². The first kappa shape index (κ1) is 16.5. The number of para-hydroxylation sites is 1. The lowest BCUT2D eigenvalue weighted by atomic mass is 10.1. The van der Waals surface area contributed by atoms with Crippen LogP contribution in [-0.4, -0.2) is 49.1 Å². The maximum absolute atomic E-state index is 8.99. The molecule has 2 aromatic rings. The molecule has 2 aromatic carbocycles. The second-order valence-electron chi connectivity index (χ2n) is 6.09. The summed E-state index contributed by atoms with van der Waals surface area (Å²) in [7, 11) is 0. The van der Waals surface area contributed by atoms with Crippen LogP contribution in [0.1, 0.15) is 11.1 Å². The van der Waals surface area contributed by atoms with Crippen LogP contribution < -0.4 is 4.74 Å². The van der Waals surface area contributed by atoms with Crippen molar-refractivity contribution < 1.29 is 4.74 Å². The Kier molecular flexibility index (Phi) is 5.84. The summed E-state index contributed by atoms with van der Waals surface area (Å²) in [4.78, 5) is 4.90. The van der Waals surface area contributed by atoms with Crippen LogP contribution in [-0.2, 0) is 6.54 Å². The Morgan fingerprint density at radius 3 is 2.42 bits per heavy atom. The third-order valence-electron chi connectivity index (χ3n) is 4.35. The number of hydrogen-bond acceptors (Lipinski definition) is 4. The molecule has 0 aliphatic carbocycles. The van der Waals surface area contributed by atoms with Crippen LogP contribution in [0, 0.1) is 11.3 Å². The van der Waals surface area contributed by atoms with E-state index in [1.54, 1.807) is 0 Å². The summed E-state index contributed by atoms with van der Waals surface area (Å²) in [6.07, 6.45) is 0. The van der Waals surface area contributed by atoms with Gasteiger partial charge in [-0.1, -0.05) is 30.3 Å². The Morgan fingerprint density at radius 1 is 0.917 bits per heavy atom. The van der Waals surface area contributed by atoms with Gasteiger partial charge in [0.15, 0.2) is 0 Å². The van der Waals surface area contributed by atoms with Crippen LogP contribution in [0.25, 0.3) is 0 Å². The molecule has 0 radical (unpaired) electrons. The van der Waals surface area contributed by atoms with E-state index in [0.717, 1.165) is 57.2 Å². The van der Waals surface area contributed by atoms with E-state index in [1.165, 1.54) is 5.56 Å². The van der Waals surface area contributed by atoms with E-state index in [1.807, 2.05) is 48.5 Å². The number of piperazine rings is 1. The molecule has 1 saturated heterocycles. The van der Waals surface area contributed by atoms with Gasteiger partial charge in [0.25, 0.3) is 0 Å². The first-order valence-electron chi connectivity index (χ1n) is 8.45. The lowest BCUT2D eigenvalue weighted by molar-refractivity contribution is 0.112. The standard InChI is InChI=1S/C20H23N3O/c21-16-18-5-4-6-19(15-18)17-23-11-9-22(10-12-23)13-14-24-20-7-2-1-3-8-20/h1-8,15H,9-14,17H2. The predicted molar refractivity (Wildman–Crippen MR) is 94.8 cm³/mol. The number of benzene rings is 2. The highest BCUT2D eigenvalue weighted by Crippen LogP contribution is 2.11. The van der Waals surface area contributed by atoms with Gasteiger partial charge in [0.1, 0.15) is 12.4 Å². The second-order valence-corrected chi connectivity index (χ2v) is 6.09. The van der Waals surface area contributed by atoms with Gasteiger partial charge in [0, 0.05) is 39.3 Å². The van der Waals surface area contributed by atoms with Crippen molar-refractivity contribution in [1.82, 2.24) is 9.80 Å². The number of ether oxygens (including phenoxy) is 1. The minimum atomic E-state index is 0.730. The topological polar surface area (TPSA) is 39.5 Å². The number of nitrogens with zero attached hydrogens (tertiary/aromatic N) is 3. The highest BCUT2D eigenvalue weighted by atomic mass is 16.5. The zero-order chi connectivity index (χ0) is 16.6. The molecule has 0 saturated carbocycles. The van der Waals surface area contributed by atoms with Gasteiger partial charge in [-0.3, -0.25) is 9.80 Å². The molecule has 0 bridgehead atoms. The van der Waals surface area contributed by atoms with Crippen molar-refractivity contribution in [2.75, 3.05) is 39.3 Å². The molecule has 1 heterocycles. The molecule has 3 rings (SSSR count). The average Bonchev–Trinajstić information content (AvgIpc) is 2.64. The number of nitriles is 1. The zero-order valence-corrected chi connectivity index (χ0v) is 13.9. The highest BCUT2D eigenvalue weighted by molar-refractivity contribution is 5.32. The van der Waals surface area contributed by atoms with Gasteiger partial charge in [-0.15, -0.1) is 0 Å². The van der Waals surface area contributed by atoms with E-state index in [2.05, 4.69) is 21.9 Å². The quantitative estimate of drug-likeness (QED) is 0.820. The molecule has 1 fully saturated rings. The minimum absolute atomic E-state index is 0.730. The molecule has 1 aliphatic rings. The summed E-state index contributed by atoms with van der Waals surface area (Å²) in [6.45, 7) is 6.86. The summed E-state index contributed by atoms with van der Waals surface area (Å²) in [6, 6.07) is 20.1. The minimum Gasteiger partial charge on any atom is -0.492 e. The van der Waals surface area contributed by atoms with E-state index in [0.29, 0.717) is 0 Å². The summed E-state index contributed by atoms with van der Waals surface area (Å²) in [5, 5.41) is 8.99. The molecule has 4 heteroatoms. The van der Waals surface area contributed by atoms with Crippen molar-refractivity contribution in [3.05, 3.63) is 65.7 Å². The van der Waals surface area contributed by atoms with Gasteiger partial charge < -0.3 is 4.74 Å². The van der Waals surface area contributed by atoms with Crippen LogP contribution in [0.2, 0.25) is 0 Å². The Morgan fingerprint density at radius 2 is 1.67 bits per heavy atom. The SMILES string of the molecule is N#Cc1cccc(CN2CCN(CCOc3ccccc3)CC2)c1. The first-order valence-corrected chi connectivity index (χ1v) is 8.45. The van der Waals surface area contributed by atoms with Gasteiger partial charge >= 0.3 is 0 Å². The molecule has 4 nitrogen and oxygen atoms in total. The summed E-state index contributed by atoms with van der Waals surface area (Å²) >= 11 is 0. The predicted octanol–water partition coefficient (Wildman–Crippen LogP) is 2.75. The number of hydrogen-bond donors (Lipinski definition) is 0. The third kappa shape index (κ3) is 4.82. The fourth-order valence-electron chi connectivity index (χ4n) is 2.98. The van der Waals surface area contributed by atoms with Crippen molar-refractivity contribution in [3.63, 3.8) is 0 Å². The zero-order valence-electron chi connectivity index (χ0n) is 13.9. The van der Waals surface area contributed by atoms with E-state index in [-0.39, 0.29) is 0 Å². The molecule has 0 N–H and O–H groups in total. The molecule has 0 aromatic heterocycles. The van der Waals surface area contributed by atoms with E-state index in [4.69, 9.17) is 10.00 Å². The van der Waals surface area contributed by atoms with Crippen molar-refractivity contribution in [1.29, 1.82) is 5.26 Å². The molecule has 0 amide bonds. The van der Waals surface area contributed by atoms with Crippen LogP contribution in [0.4, 0.5) is 0 Å². The number of rotatable bonds is 6. The lowest BCUT2D eigenvalue weighted by Crippen LogP contribution is -2.47. The van der Waals surface area contributed by atoms with Gasteiger partial charge in [-0.25, -0.2) is 0 Å².